The number of piperidine rings is 1. The molecule has 88 valence electrons. The fourth-order valence-electron chi connectivity index (χ4n) is 3.12. The van der Waals surface area contributed by atoms with Crippen LogP contribution in [0.2, 0.25) is 0 Å². The van der Waals surface area contributed by atoms with Crippen molar-refractivity contribution in [2.75, 3.05) is 19.6 Å². The van der Waals surface area contributed by atoms with Crippen LogP contribution in [0.5, 0.6) is 0 Å². The molecule has 1 saturated heterocycles. The first-order chi connectivity index (χ1) is 7.24. The van der Waals surface area contributed by atoms with Crippen LogP contribution in [-0.4, -0.2) is 30.7 Å². The molecule has 1 unspecified atom stereocenters. The van der Waals surface area contributed by atoms with Gasteiger partial charge in [-0.15, -0.1) is 0 Å². The minimum atomic E-state index is -0.499. The summed E-state index contributed by atoms with van der Waals surface area (Å²) in [6, 6.07) is 0. The minimum Gasteiger partial charge on any atom is -0.303 e. The summed E-state index contributed by atoms with van der Waals surface area (Å²) >= 11 is 0. The van der Waals surface area contributed by atoms with Crippen molar-refractivity contribution in [3.05, 3.63) is 0 Å². The second-order valence-electron chi connectivity index (χ2n) is 5.62. The first kappa shape index (κ1) is 11.4. The molecule has 1 heterocycles. The molecule has 1 nitrogen and oxygen atoms in total. The second kappa shape index (κ2) is 5.29. The quantitative estimate of drug-likeness (QED) is 0.680. The fourth-order valence-corrected chi connectivity index (χ4v) is 3.12. The summed E-state index contributed by atoms with van der Waals surface area (Å²) in [7, 11) is 0. The number of halogens is 1. The highest BCUT2D eigenvalue weighted by Crippen LogP contribution is 2.28. The standard InChI is InChI=1S/C13H24FN/c1-11-3-2-8-15(9-11)10-12-4-6-13(14)7-5-12/h11-13H,2-10H2,1H3. The first-order valence-corrected chi connectivity index (χ1v) is 6.60. The van der Waals surface area contributed by atoms with Crippen molar-refractivity contribution < 1.29 is 4.39 Å². The minimum absolute atomic E-state index is 0.499. The summed E-state index contributed by atoms with van der Waals surface area (Å²) in [5.74, 6) is 1.65. The van der Waals surface area contributed by atoms with Crippen LogP contribution < -0.4 is 0 Å². The average molecular weight is 213 g/mol. The van der Waals surface area contributed by atoms with E-state index in [1.54, 1.807) is 0 Å². The van der Waals surface area contributed by atoms with Gasteiger partial charge in [0.1, 0.15) is 6.17 Å². The molecule has 2 heteroatoms. The van der Waals surface area contributed by atoms with E-state index in [4.69, 9.17) is 0 Å². The van der Waals surface area contributed by atoms with Gasteiger partial charge in [0.15, 0.2) is 0 Å². The normalized spacial score (nSPS) is 39.2. The van der Waals surface area contributed by atoms with Crippen molar-refractivity contribution in [2.45, 2.75) is 51.6 Å². The van der Waals surface area contributed by atoms with Crippen molar-refractivity contribution in [3.8, 4) is 0 Å². The van der Waals surface area contributed by atoms with Crippen molar-refractivity contribution >= 4 is 0 Å². The maximum absolute atomic E-state index is 13.0. The molecule has 15 heavy (non-hydrogen) atoms. The Morgan fingerprint density at radius 3 is 2.53 bits per heavy atom. The smallest absolute Gasteiger partial charge is 0.100 e. The lowest BCUT2D eigenvalue weighted by Crippen LogP contribution is -2.38. The highest BCUT2D eigenvalue weighted by Gasteiger charge is 2.24. The zero-order chi connectivity index (χ0) is 10.7. The Bertz CT molecular complexity index is 187. The number of alkyl halides is 1. The summed E-state index contributed by atoms with van der Waals surface area (Å²) in [6.45, 7) is 6.14. The molecule has 0 aromatic carbocycles. The lowest BCUT2D eigenvalue weighted by Gasteiger charge is -2.35. The van der Waals surface area contributed by atoms with Crippen LogP contribution in [0, 0.1) is 11.8 Å². The Morgan fingerprint density at radius 2 is 1.87 bits per heavy atom. The summed E-state index contributed by atoms with van der Waals surface area (Å²) in [6.07, 6.45) is 6.12. The van der Waals surface area contributed by atoms with Crippen molar-refractivity contribution in [1.82, 2.24) is 4.90 Å². The van der Waals surface area contributed by atoms with Gasteiger partial charge in [0.25, 0.3) is 0 Å². The fraction of sp³-hybridized carbons (Fsp3) is 1.00. The number of hydrogen-bond donors (Lipinski definition) is 0. The second-order valence-corrected chi connectivity index (χ2v) is 5.62. The van der Waals surface area contributed by atoms with E-state index >= 15 is 0 Å². The molecule has 0 bridgehead atoms. The molecule has 1 aliphatic heterocycles. The maximum Gasteiger partial charge on any atom is 0.100 e. The molecule has 1 atom stereocenters. The number of hydrogen-bond acceptors (Lipinski definition) is 1. The molecule has 1 saturated carbocycles. The van der Waals surface area contributed by atoms with Gasteiger partial charge in [-0.2, -0.15) is 0 Å². The highest BCUT2D eigenvalue weighted by molar-refractivity contribution is 4.77. The third-order valence-electron chi connectivity index (χ3n) is 4.03. The van der Waals surface area contributed by atoms with Gasteiger partial charge in [-0.3, -0.25) is 0 Å². The largest absolute Gasteiger partial charge is 0.303 e. The first-order valence-electron chi connectivity index (χ1n) is 6.60. The van der Waals surface area contributed by atoms with Crippen LogP contribution in [0.15, 0.2) is 0 Å². The van der Waals surface area contributed by atoms with Crippen LogP contribution in [0.3, 0.4) is 0 Å². The molecule has 0 spiro atoms. The molecule has 2 aliphatic rings. The maximum atomic E-state index is 13.0. The Balaban J connectivity index is 1.71. The molecular formula is C13H24FN. The third kappa shape index (κ3) is 3.44. The Kier molecular flexibility index (Phi) is 4.01. The number of likely N-dealkylation sites (tertiary alicyclic amines) is 1. The van der Waals surface area contributed by atoms with E-state index in [1.807, 2.05) is 0 Å². The van der Waals surface area contributed by atoms with E-state index in [0.29, 0.717) is 0 Å². The van der Waals surface area contributed by atoms with Gasteiger partial charge in [0.2, 0.25) is 0 Å². The molecule has 0 radical (unpaired) electrons. The average Bonchev–Trinajstić information content (AvgIpc) is 2.22. The summed E-state index contributed by atoms with van der Waals surface area (Å²) in [4.78, 5) is 2.61. The molecule has 1 aliphatic carbocycles. The zero-order valence-electron chi connectivity index (χ0n) is 9.92. The molecule has 2 fully saturated rings. The Hall–Kier alpha value is -0.110. The topological polar surface area (TPSA) is 3.24 Å². The van der Waals surface area contributed by atoms with E-state index in [1.165, 1.54) is 32.5 Å². The highest BCUT2D eigenvalue weighted by atomic mass is 19.1. The van der Waals surface area contributed by atoms with Crippen LogP contribution in [0.25, 0.3) is 0 Å². The number of nitrogens with zero attached hydrogens (tertiary/aromatic N) is 1. The number of rotatable bonds is 2. The van der Waals surface area contributed by atoms with Gasteiger partial charge < -0.3 is 4.90 Å². The zero-order valence-corrected chi connectivity index (χ0v) is 9.92. The van der Waals surface area contributed by atoms with Crippen LogP contribution >= 0.6 is 0 Å². The van der Waals surface area contributed by atoms with Gasteiger partial charge in [-0.05, 0) is 56.9 Å². The van der Waals surface area contributed by atoms with Gasteiger partial charge in [0.05, 0.1) is 0 Å². The summed E-state index contributed by atoms with van der Waals surface area (Å²) in [5.41, 5.74) is 0. The molecule has 0 N–H and O–H groups in total. The molecule has 2 rings (SSSR count). The van der Waals surface area contributed by atoms with Gasteiger partial charge in [-0.1, -0.05) is 6.92 Å². The summed E-state index contributed by atoms with van der Waals surface area (Å²) in [5, 5.41) is 0. The third-order valence-corrected chi connectivity index (χ3v) is 4.03. The van der Waals surface area contributed by atoms with Crippen LogP contribution in [-0.2, 0) is 0 Å². The van der Waals surface area contributed by atoms with Crippen molar-refractivity contribution in [3.63, 3.8) is 0 Å². The van der Waals surface area contributed by atoms with E-state index < -0.39 is 6.17 Å². The van der Waals surface area contributed by atoms with Gasteiger partial charge in [0, 0.05) is 13.1 Å². The van der Waals surface area contributed by atoms with Gasteiger partial charge in [-0.25, -0.2) is 4.39 Å². The Morgan fingerprint density at radius 1 is 1.13 bits per heavy atom. The Labute approximate surface area is 93.0 Å². The lowest BCUT2D eigenvalue weighted by atomic mass is 9.87. The predicted octanol–water partition coefficient (Wildman–Crippen LogP) is 3.25. The monoisotopic (exact) mass is 213 g/mol. The van der Waals surface area contributed by atoms with E-state index in [-0.39, 0.29) is 0 Å². The summed E-state index contributed by atoms with van der Waals surface area (Å²) < 4.78 is 13.0. The van der Waals surface area contributed by atoms with Crippen LogP contribution in [0.4, 0.5) is 4.39 Å². The van der Waals surface area contributed by atoms with Gasteiger partial charge >= 0.3 is 0 Å². The molecule has 0 aromatic heterocycles. The van der Waals surface area contributed by atoms with Crippen LogP contribution in [0.1, 0.15) is 45.4 Å². The molecular weight excluding hydrogens is 189 g/mol. The van der Waals surface area contributed by atoms with E-state index in [0.717, 1.165) is 37.5 Å². The van der Waals surface area contributed by atoms with E-state index in [9.17, 15) is 4.39 Å². The van der Waals surface area contributed by atoms with Crippen molar-refractivity contribution in [1.29, 1.82) is 0 Å². The molecule has 0 aromatic rings. The van der Waals surface area contributed by atoms with Crippen molar-refractivity contribution in [2.24, 2.45) is 11.8 Å². The lowest BCUT2D eigenvalue weighted by molar-refractivity contribution is 0.124. The SMILES string of the molecule is CC1CCCN(CC2CCC(F)CC2)C1. The van der Waals surface area contributed by atoms with E-state index in [2.05, 4.69) is 11.8 Å². The predicted molar refractivity (Wildman–Crippen MR) is 61.7 cm³/mol. The molecule has 0 amide bonds.